The van der Waals surface area contributed by atoms with Gasteiger partial charge in [-0.2, -0.15) is 0 Å². The van der Waals surface area contributed by atoms with E-state index in [0.717, 1.165) is 0 Å². The summed E-state index contributed by atoms with van der Waals surface area (Å²) in [5.41, 5.74) is 5.66. The van der Waals surface area contributed by atoms with Crippen LogP contribution in [0.1, 0.15) is 27.7 Å². The Hall–Kier alpha value is -0.950. The molecule has 0 aliphatic carbocycles. The van der Waals surface area contributed by atoms with Gasteiger partial charge >= 0.3 is 14.2 Å². The number of ether oxygens (including phenoxy) is 1. The van der Waals surface area contributed by atoms with E-state index < -0.39 is 38.8 Å². The molecule has 0 aromatic carbocycles. The topological polar surface area (TPSA) is 128 Å². The first-order chi connectivity index (χ1) is 9.15. The second kappa shape index (κ2) is 9.07. The molecule has 0 fully saturated rings. The lowest BCUT2D eigenvalue weighted by atomic mass is 10.0. The largest absolute Gasteiger partial charge is 0.461 e. The molecule has 0 radical (unpaired) electrons. The number of hydrogen-bond acceptors (Lipinski definition) is 6. The molecular formula is C11H23N2O6P. The van der Waals surface area contributed by atoms with E-state index in [9.17, 15) is 14.2 Å². The number of nitrogens with two attached hydrogens (primary N) is 1. The number of esters is 1. The Kier molecular flexibility index (Phi) is 8.64. The molecule has 0 aliphatic rings. The van der Waals surface area contributed by atoms with Crippen molar-refractivity contribution in [3.63, 3.8) is 0 Å². The zero-order chi connectivity index (χ0) is 15.9. The molecule has 0 saturated carbocycles. The maximum Gasteiger partial charge on any atom is 0.331 e. The van der Waals surface area contributed by atoms with Crippen molar-refractivity contribution < 1.29 is 28.3 Å². The summed E-state index contributed by atoms with van der Waals surface area (Å²) in [4.78, 5) is 32.2. The molecule has 0 rings (SSSR count). The molecule has 0 bridgehead atoms. The van der Waals surface area contributed by atoms with E-state index in [0.29, 0.717) is 0 Å². The van der Waals surface area contributed by atoms with Crippen molar-refractivity contribution in [3.05, 3.63) is 0 Å². The van der Waals surface area contributed by atoms with Gasteiger partial charge in [0.15, 0.2) is 6.04 Å². The summed E-state index contributed by atoms with van der Waals surface area (Å²) in [6, 6.07) is -1.97. The van der Waals surface area contributed by atoms with Gasteiger partial charge < -0.3 is 25.2 Å². The quantitative estimate of drug-likeness (QED) is 0.418. The molecule has 0 spiro atoms. The maximum absolute atomic E-state index is 11.8. The van der Waals surface area contributed by atoms with E-state index in [1.165, 1.54) is 0 Å². The Morgan fingerprint density at radius 1 is 1.30 bits per heavy atom. The monoisotopic (exact) mass is 310 g/mol. The van der Waals surface area contributed by atoms with E-state index in [1.807, 2.05) is 0 Å². The van der Waals surface area contributed by atoms with Gasteiger partial charge in [0.2, 0.25) is 5.91 Å². The van der Waals surface area contributed by atoms with E-state index >= 15 is 0 Å². The van der Waals surface area contributed by atoms with Crippen molar-refractivity contribution in [2.45, 2.75) is 45.9 Å². The molecule has 0 aliphatic heterocycles. The molecule has 0 aromatic heterocycles. The normalized spacial score (nSPS) is 15.8. The van der Waals surface area contributed by atoms with Gasteiger partial charge in [-0.1, -0.05) is 13.8 Å². The predicted octanol–water partition coefficient (Wildman–Crippen LogP) is -0.195. The molecule has 3 atom stereocenters. The first-order valence-electron chi connectivity index (χ1n) is 6.27. The molecule has 1 amide bonds. The van der Waals surface area contributed by atoms with E-state index in [1.54, 1.807) is 27.7 Å². The highest BCUT2D eigenvalue weighted by molar-refractivity contribution is 7.32. The summed E-state index contributed by atoms with van der Waals surface area (Å²) in [6.45, 7) is 6.36. The lowest BCUT2D eigenvalue weighted by Crippen LogP contribution is -2.52. The molecule has 20 heavy (non-hydrogen) atoms. The second-order valence-electron chi connectivity index (χ2n) is 4.89. The molecule has 9 heteroatoms. The first-order valence-corrected chi connectivity index (χ1v) is 7.53. The highest BCUT2D eigenvalue weighted by Gasteiger charge is 2.27. The highest BCUT2D eigenvalue weighted by atomic mass is 31.1. The Morgan fingerprint density at radius 2 is 1.85 bits per heavy atom. The zero-order valence-electron chi connectivity index (χ0n) is 12.1. The fourth-order valence-corrected chi connectivity index (χ4v) is 1.52. The summed E-state index contributed by atoms with van der Waals surface area (Å²) in [5, 5.41) is 2.36. The van der Waals surface area contributed by atoms with Crippen LogP contribution in [-0.2, 0) is 23.4 Å². The van der Waals surface area contributed by atoms with Gasteiger partial charge in [-0.15, -0.1) is 0 Å². The number of carbonyl (C=O) groups is 2. The third kappa shape index (κ3) is 7.59. The Bertz CT molecular complexity index is 361. The predicted molar refractivity (Wildman–Crippen MR) is 73.1 cm³/mol. The van der Waals surface area contributed by atoms with Crippen molar-refractivity contribution >= 4 is 20.1 Å². The smallest absolute Gasteiger partial charge is 0.331 e. The van der Waals surface area contributed by atoms with E-state index in [2.05, 4.69) is 9.84 Å². The van der Waals surface area contributed by atoms with Crippen LogP contribution in [0.15, 0.2) is 0 Å². The van der Waals surface area contributed by atoms with Crippen LogP contribution in [0.25, 0.3) is 0 Å². The average Bonchev–Trinajstić information content (AvgIpc) is 2.31. The third-order valence-corrected chi connectivity index (χ3v) is 2.76. The maximum atomic E-state index is 11.8. The minimum Gasteiger partial charge on any atom is -0.461 e. The van der Waals surface area contributed by atoms with Crippen LogP contribution in [0.2, 0.25) is 0 Å². The Labute approximate surface area is 119 Å². The summed E-state index contributed by atoms with van der Waals surface area (Å²) in [5.74, 6) is -1.41. The lowest BCUT2D eigenvalue weighted by molar-refractivity contribution is -0.152. The van der Waals surface area contributed by atoms with Gasteiger partial charge in [-0.3, -0.25) is 9.36 Å². The van der Waals surface area contributed by atoms with Gasteiger partial charge in [0.25, 0.3) is 0 Å². The summed E-state index contributed by atoms with van der Waals surface area (Å²) in [7, 11) is -3.20. The second-order valence-corrected chi connectivity index (χ2v) is 5.71. The van der Waals surface area contributed by atoms with E-state index in [4.69, 9.17) is 15.4 Å². The van der Waals surface area contributed by atoms with Crippen molar-refractivity contribution in [3.8, 4) is 0 Å². The Balaban J connectivity index is 4.71. The zero-order valence-corrected chi connectivity index (χ0v) is 13.1. The average molecular weight is 310 g/mol. The highest BCUT2D eigenvalue weighted by Crippen LogP contribution is 2.15. The van der Waals surface area contributed by atoms with Crippen molar-refractivity contribution in [1.29, 1.82) is 0 Å². The summed E-state index contributed by atoms with van der Waals surface area (Å²) >= 11 is 0. The third-order valence-electron chi connectivity index (χ3n) is 2.35. The van der Waals surface area contributed by atoms with Gasteiger partial charge in [0, 0.05) is 0 Å². The first kappa shape index (κ1) is 19.1. The molecule has 118 valence electrons. The number of nitrogens with one attached hydrogen (secondary N) is 1. The van der Waals surface area contributed by atoms with Crippen LogP contribution in [0.4, 0.5) is 0 Å². The molecule has 0 heterocycles. The van der Waals surface area contributed by atoms with Crippen LogP contribution < -0.4 is 11.1 Å². The van der Waals surface area contributed by atoms with Crippen molar-refractivity contribution in [1.82, 2.24) is 5.32 Å². The fraction of sp³-hybridized carbons (Fsp3) is 0.818. The molecule has 0 saturated heterocycles. The number of hydrogen-bond donors (Lipinski definition) is 3. The van der Waals surface area contributed by atoms with Gasteiger partial charge in [0.1, 0.15) is 0 Å². The summed E-state index contributed by atoms with van der Waals surface area (Å²) < 4.78 is 20.0. The van der Waals surface area contributed by atoms with Gasteiger partial charge in [-0.25, -0.2) is 4.79 Å². The standard InChI is InChI=1S/C11H23N2O6P/c1-6(2)9(12)10(14)13-8(5-18-20(16)17)11(15)19-7(3)4/h6-9,20H,5,12H2,1-4H3,(H,13,14)(H,16,17)/t8-,9-/m0/s1. The fourth-order valence-electron chi connectivity index (χ4n) is 1.21. The lowest BCUT2D eigenvalue weighted by Gasteiger charge is -2.21. The molecule has 0 aromatic rings. The summed E-state index contributed by atoms with van der Waals surface area (Å²) in [6.07, 6.45) is -0.383. The van der Waals surface area contributed by atoms with Crippen LogP contribution in [0, 0.1) is 5.92 Å². The van der Waals surface area contributed by atoms with Gasteiger partial charge in [-0.05, 0) is 19.8 Å². The Morgan fingerprint density at radius 3 is 2.25 bits per heavy atom. The van der Waals surface area contributed by atoms with Crippen LogP contribution in [0.3, 0.4) is 0 Å². The molecule has 4 N–H and O–H groups in total. The van der Waals surface area contributed by atoms with Crippen LogP contribution in [0.5, 0.6) is 0 Å². The molecular weight excluding hydrogens is 287 g/mol. The van der Waals surface area contributed by atoms with Gasteiger partial charge in [0.05, 0.1) is 18.8 Å². The number of rotatable bonds is 8. The SMILES string of the molecule is CC(C)OC(=O)[C@H](CO[PH](=O)O)NC(=O)[C@@H](N)C(C)C. The molecule has 8 nitrogen and oxygen atoms in total. The van der Waals surface area contributed by atoms with E-state index in [-0.39, 0.29) is 12.0 Å². The van der Waals surface area contributed by atoms with Crippen molar-refractivity contribution in [2.24, 2.45) is 11.7 Å². The molecule has 1 unspecified atom stereocenters. The number of carbonyl (C=O) groups excluding carboxylic acids is 2. The van der Waals surface area contributed by atoms with Crippen LogP contribution >= 0.6 is 8.25 Å². The van der Waals surface area contributed by atoms with Crippen LogP contribution in [-0.4, -0.2) is 41.6 Å². The number of amides is 1. The minimum atomic E-state index is -3.20. The van der Waals surface area contributed by atoms with Crippen molar-refractivity contribution in [2.75, 3.05) is 6.61 Å². The minimum absolute atomic E-state index is 0.116.